The molecule has 0 N–H and O–H groups in total. The summed E-state index contributed by atoms with van der Waals surface area (Å²) < 4.78 is 3.23. The number of aryl methyl sites for hydroxylation is 3. The Balaban J connectivity index is 2.13. The molecule has 0 atom stereocenters. The van der Waals surface area contributed by atoms with Gasteiger partial charge in [-0.1, -0.05) is 17.4 Å². The number of aromatic nitrogens is 1. The van der Waals surface area contributed by atoms with Gasteiger partial charge in [-0.25, -0.2) is 0 Å². The van der Waals surface area contributed by atoms with Gasteiger partial charge in [0.1, 0.15) is 0 Å². The van der Waals surface area contributed by atoms with E-state index in [2.05, 4.69) is 42.5 Å². The van der Waals surface area contributed by atoms with Crippen LogP contribution >= 0.6 is 11.3 Å². The van der Waals surface area contributed by atoms with Crippen molar-refractivity contribution in [2.45, 2.75) is 27.3 Å². The number of hydrogen-bond donors (Lipinski definition) is 0. The molecule has 24 heavy (non-hydrogen) atoms. The van der Waals surface area contributed by atoms with E-state index in [1.807, 2.05) is 6.07 Å². The third-order valence-electron chi connectivity index (χ3n) is 3.89. The molecule has 0 radical (unpaired) electrons. The minimum atomic E-state index is -0.289. The Bertz CT molecular complexity index is 1030. The van der Waals surface area contributed by atoms with E-state index in [-0.39, 0.29) is 5.91 Å². The van der Waals surface area contributed by atoms with Crippen molar-refractivity contribution in [3.8, 4) is 6.07 Å². The molecule has 0 saturated heterocycles. The Kier molecular flexibility index (Phi) is 4.32. The van der Waals surface area contributed by atoms with Crippen LogP contribution in [0.3, 0.4) is 0 Å². The monoisotopic (exact) mass is 335 g/mol. The topological polar surface area (TPSA) is 58.1 Å². The van der Waals surface area contributed by atoms with Crippen molar-refractivity contribution in [2.75, 3.05) is 0 Å². The van der Waals surface area contributed by atoms with E-state index in [9.17, 15) is 4.79 Å². The zero-order valence-corrected chi connectivity index (χ0v) is 14.6. The SMILES string of the molecule is CCn1c(=NC(=O)c2ccc(C#N)cc2)sc2c(C)cc(C)cc21. The molecular weight excluding hydrogens is 318 g/mol. The molecule has 5 heteroatoms. The maximum absolute atomic E-state index is 12.5. The van der Waals surface area contributed by atoms with Crippen molar-refractivity contribution >= 4 is 27.5 Å². The second-order valence-corrected chi connectivity index (χ2v) is 6.64. The summed E-state index contributed by atoms with van der Waals surface area (Å²) in [5, 5.41) is 8.84. The van der Waals surface area contributed by atoms with E-state index in [0.717, 1.165) is 16.8 Å². The highest BCUT2D eigenvalue weighted by Crippen LogP contribution is 2.23. The fourth-order valence-corrected chi connectivity index (χ4v) is 3.88. The van der Waals surface area contributed by atoms with Crippen molar-refractivity contribution in [1.82, 2.24) is 4.57 Å². The molecule has 0 saturated carbocycles. The highest BCUT2D eigenvalue weighted by molar-refractivity contribution is 7.16. The molecule has 0 fully saturated rings. The van der Waals surface area contributed by atoms with Gasteiger partial charge in [-0.2, -0.15) is 10.3 Å². The molecule has 0 spiro atoms. The van der Waals surface area contributed by atoms with Crippen LogP contribution in [0.15, 0.2) is 41.4 Å². The van der Waals surface area contributed by atoms with Crippen LogP contribution in [-0.2, 0) is 6.54 Å². The summed E-state index contributed by atoms with van der Waals surface area (Å²) in [4.78, 5) is 17.5. The van der Waals surface area contributed by atoms with Crippen molar-refractivity contribution < 1.29 is 4.79 Å². The number of thiazole rings is 1. The Morgan fingerprint density at radius 1 is 1.25 bits per heavy atom. The lowest BCUT2D eigenvalue weighted by Crippen LogP contribution is -2.15. The molecule has 1 aromatic heterocycles. The van der Waals surface area contributed by atoms with Crippen LogP contribution in [0.1, 0.15) is 34.0 Å². The average Bonchev–Trinajstić information content (AvgIpc) is 2.92. The first kappa shape index (κ1) is 16.2. The molecule has 3 aromatic rings. The number of hydrogen-bond acceptors (Lipinski definition) is 3. The van der Waals surface area contributed by atoms with E-state index in [0.29, 0.717) is 15.9 Å². The molecular formula is C19H17N3OS. The second kappa shape index (κ2) is 6.42. The van der Waals surface area contributed by atoms with Crippen LogP contribution in [0.2, 0.25) is 0 Å². The third-order valence-corrected chi connectivity index (χ3v) is 5.12. The van der Waals surface area contributed by atoms with E-state index in [4.69, 9.17) is 5.26 Å². The summed E-state index contributed by atoms with van der Waals surface area (Å²) in [6.45, 7) is 6.96. The first-order chi connectivity index (χ1) is 11.5. The van der Waals surface area contributed by atoms with Gasteiger partial charge in [0, 0.05) is 12.1 Å². The fourth-order valence-electron chi connectivity index (χ4n) is 2.74. The minimum Gasteiger partial charge on any atom is -0.317 e. The summed E-state index contributed by atoms with van der Waals surface area (Å²) in [5.74, 6) is -0.289. The Labute approximate surface area is 144 Å². The Hall–Kier alpha value is -2.71. The summed E-state index contributed by atoms with van der Waals surface area (Å²) in [6, 6.07) is 12.9. The van der Waals surface area contributed by atoms with Crippen LogP contribution in [0.25, 0.3) is 10.2 Å². The largest absolute Gasteiger partial charge is 0.317 e. The first-order valence-corrected chi connectivity index (χ1v) is 8.55. The summed E-state index contributed by atoms with van der Waals surface area (Å²) >= 11 is 1.54. The van der Waals surface area contributed by atoms with E-state index < -0.39 is 0 Å². The number of rotatable bonds is 2. The standard InChI is InChI=1S/C19H17N3OS/c1-4-22-16-10-12(2)9-13(3)17(16)24-19(22)21-18(23)15-7-5-14(11-20)6-8-15/h5-10H,4H2,1-3H3. The zero-order valence-electron chi connectivity index (χ0n) is 13.8. The van der Waals surface area contributed by atoms with Gasteiger partial charge in [0.05, 0.1) is 21.8 Å². The van der Waals surface area contributed by atoms with Gasteiger partial charge >= 0.3 is 0 Å². The molecule has 0 aliphatic heterocycles. The highest BCUT2D eigenvalue weighted by atomic mass is 32.1. The smallest absolute Gasteiger partial charge is 0.279 e. The van der Waals surface area contributed by atoms with Gasteiger partial charge in [0.2, 0.25) is 0 Å². The molecule has 4 nitrogen and oxygen atoms in total. The van der Waals surface area contributed by atoms with Crippen LogP contribution in [0, 0.1) is 25.2 Å². The van der Waals surface area contributed by atoms with Gasteiger partial charge < -0.3 is 4.57 Å². The Morgan fingerprint density at radius 3 is 2.58 bits per heavy atom. The number of fused-ring (bicyclic) bond motifs is 1. The quantitative estimate of drug-likeness (QED) is 0.712. The molecule has 3 rings (SSSR count). The van der Waals surface area contributed by atoms with E-state index in [1.54, 1.807) is 24.3 Å². The molecule has 1 amide bonds. The third kappa shape index (κ3) is 2.89. The molecule has 2 aromatic carbocycles. The van der Waals surface area contributed by atoms with Crippen LogP contribution in [-0.4, -0.2) is 10.5 Å². The molecule has 1 heterocycles. The fraction of sp³-hybridized carbons (Fsp3) is 0.211. The minimum absolute atomic E-state index is 0.289. The van der Waals surface area contributed by atoms with Crippen molar-refractivity contribution in [2.24, 2.45) is 4.99 Å². The average molecular weight is 335 g/mol. The molecule has 0 bridgehead atoms. The van der Waals surface area contributed by atoms with Gasteiger partial charge in [-0.05, 0) is 62.2 Å². The number of nitrogens with zero attached hydrogens (tertiary/aromatic N) is 3. The lowest BCUT2D eigenvalue weighted by Gasteiger charge is -2.03. The van der Waals surface area contributed by atoms with E-state index in [1.165, 1.54) is 22.5 Å². The molecule has 0 aliphatic carbocycles. The normalized spacial score (nSPS) is 11.7. The lowest BCUT2D eigenvalue weighted by atomic mass is 10.1. The molecule has 0 unspecified atom stereocenters. The second-order valence-electron chi connectivity index (χ2n) is 5.67. The van der Waals surface area contributed by atoms with E-state index >= 15 is 0 Å². The van der Waals surface area contributed by atoms with Crippen LogP contribution < -0.4 is 4.80 Å². The van der Waals surface area contributed by atoms with Crippen molar-refractivity contribution in [3.05, 3.63) is 63.5 Å². The Morgan fingerprint density at radius 2 is 1.96 bits per heavy atom. The number of benzene rings is 2. The molecule has 120 valence electrons. The lowest BCUT2D eigenvalue weighted by molar-refractivity contribution is 0.0998. The number of nitriles is 1. The highest BCUT2D eigenvalue weighted by Gasteiger charge is 2.10. The van der Waals surface area contributed by atoms with Gasteiger partial charge in [-0.3, -0.25) is 4.79 Å². The molecule has 0 aliphatic rings. The predicted molar refractivity (Wildman–Crippen MR) is 96.0 cm³/mol. The maximum Gasteiger partial charge on any atom is 0.279 e. The van der Waals surface area contributed by atoms with Gasteiger partial charge in [0.25, 0.3) is 5.91 Å². The summed E-state index contributed by atoms with van der Waals surface area (Å²) in [5.41, 5.74) is 4.53. The van der Waals surface area contributed by atoms with Crippen LogP contribution in [0.5, 0.6) is 0 Å². The van der Waals surface area contributed by atoms with Gasteiger partial charge in [-0.15, -0.1) is 0 Å². The zero-order chi connectivity index (χ0) is 17.3. The van der Waals surface area contributed by atoms with Crippen LogP contribution in [0.4, 0.5) is 0 Å². The predicted octanol–water partition coefficient (Wildman–Crippen LogP) is 3.95. The first-order valence-electron chi connectivity index (χ1n) is 7.73. The maximum atomic E-state index is 12.5. The summed E-state index contributed by atoms with van der Waals surface area (Å²) in [6.07, 6.45) is 0. The van der Waals surface area contributed by atoms with Crippen molar-refractivity contribution in [1.29, 1.82) is 5.26 Å². The van der Waals surface area contributed by atoms with Crippen molar-refractivity contribution in [3.63, 3.8) is 0 Å². The number of carbonyl (C=O) groups excluding carboxylic acids is 1. The van der Waals surface area contributed by atoms with Gasteiger partial charge in [0.15, 0.2) is 4.80 Å². The summed E-state index contributed by atoms with van der Waals surface area (Å²) in [7, 11) is 0. The number of carbonyl (C=O) groups is 1. The number of amides is 1.